The highest BCUT2D eigenvalue weighted by Crippen LogP contribution is 2.59. The maximum absolute atomic E-state index is 11.9. The van der Waals surface area contributed by atoms with E-state index < -0.39 is 85.3 Å². The quantitative estimate of drug-likeness (QED) is 0.161. The highest BCUT2D eigenvalue weighted by Gasteiger charge is 2.63. The van der Waals surface area contributed by atoms with Crippen molar-refractivity contribution < 1.29 is 93.7 Å². The van der Waals surface area contributed by atoms with Crippen molar-refractivity contribution in [1.82, 2.24) is 0 Å². The zero-order chi connectivity index (χ0) is 25.0. The third-order valence-corrected chi connectivity index (χ3v) is 7.11. The van der Waals surface area contributed by atoms with E-state index in [4.69, 9.17) is 9.79 Å². The predicted molar refractivity (Wildman–Crippen MR) is 83.8 cm³/mol. The van der Waals surface area contributed by atoms with Crippen LogP contribution in [0.1, 0.15) is 0 Å². The van der Waals surface area contributed by atoms with E-state index in [1.807, 2.05) is 0 Å². The van der Waals surface area contributed by atoms with Gasteiger partial charge in [0, 0.05) is 0 Å². The molecule has 0 radical (unpaired) electrons. The van der Waals surface area contributed by atoms with E-state index in [9.17, 15) is 57.0 Å². The summed E-state index contributed by atoms with van der Waals surface area (Å²) in [6.45, 7) is 0. The monoisotopic (exact) mass is 588 g/mol. The molecule has 4 N–H and O–H groups in total. The highest BCUT2D eigenvalue weighted by molar-refractivity contribution is 7.60. The van der Waals surface area contributed by atoms with Gasteiger partial charge in [-0.25, -0.2) is 9.13 Å². The summed E-state index contributed by atoms with van der Waals surface area (Å²) in [5.41, 5.74) is 0. The summed E-state index contributed by atoms with van der Waals surface area (Å²) in [6.07, 6.45) is -15.6. The van der Waals surface area contributed by atoms with Crippen molar-refractivity contribution in [2.75, 3.05) is 0 Å². The lowest BCUT2D eigenvalue weighted by Crippen LogP contribution is -2.65. The summed E-state index contributed by atoms with van der Waals surface area (Å²) in [4.78, 5) is 70.8. The Morgan fingerprint density at radius 3 is 1.22 bits per heavy atom. The molecule has 11 atom stereocenters. The summed E-state index contributed by atoms with van der Waals surface area (Å²) in [5.74, 6) is 0. The standard InChI is InChI=1S/C6H10O20P6/c7-1-2(21-27(8)9)4(23-29(12)13)6(25-32(19,20)26-31(16,17)18)5(24-30(14)15)3(1)22-28(10)11/h1-7H,(H,19,20)(H2,16,17,18)/t1?,2-,3+,4-,5+,6?. The molecule has 1 rings (SSSR count). The third-order valence-electron chi connectivity index (χ3n) is 3.26. The van der Waals surface area contributed by atoms with Gasteiger partial charge in [-0.2, -0.15) is 4.31 Å². The van der Waals surface area contributed by atoms with Crippen LogP contribution >= 0.6 is 48.7 Å². The molecule has 184 valence electrons. The van der Waals surface area contributed by atoms with Gasteiger partial charge in [-0.05, 0) is 18.3 Å². The zero-order valence-electron chi connectivity index (χ0n) is 14.5. The van der Waals surface area contributed by atoms with Crippen LogP contribution in [0.4, 0.5) is 0 Å². The lowest BCUT2D eigenvalue weighted by Gasteiger charge is -2.40. The fourth-order valence-electron chi connectivity index (χ4n) is 2.45. The van der Waals surface area contributed by atoms with Crippen LogP contribution < -0.4 is 19.6 Å². The van der Waals surface area contributed by atoms with Gasteiger partial charge in [0.25, 0.3) is 0 Å². The Morgan fingerprint density at radius 2 is 0.938 bits per heavy atom. The van der Waals surface area contributed by atoms with E-state index >= 15 is 0 Å². The number of hydrogen-bond donors (Lipinski definition) is 4. The van der Waals surface area contributed by atoms with E-state index in [1.165, 1.54) is 0 Å². The van der Waals surface area contributed by atoms with Gasteiger partial charge in [-0.1, -0.05) is 0 Å². The number of aliphatic hydroxyl groups is 1. The topological polar surface area (TPSA) is 331 Å². The first-order valence-electron chi connectivity index (χ1n) is 7.14. The van der Waals surface area contributed by atoms with Gasteiger partial charge in [0.15, 0.2) is 24.4 Å². The Bertz CT molecular complexity index is 792. The van der Waals surface area contributed by atoms with E-state index in [0.29, 0.717) is 0 Å². The minimum absolute atomic E-state index is 2.52. The van der Waals surface area contributed by atoms with Gasteiger partial charge in [0.05, 0.1) is 0 Å². The van der Waals surface area contributed by atoms with Gasteiger partial charge < -0.3 is 39.4 Å². The lowest BCUT2D eigenvalue weighted by atomic mass is 9.85. The van der Waals surface area contributed by atoms with Crippen LogP contribution in [0.5, 0.6) is 0 Å². The third kappa shape index (κ3) is 9.88. The van der Waals surface area contributed by atoms with E-state index in [0.717, 1.165) is 0 Å². The molecule has 1 fully saturated rings. The average molecular weight is 588 g/mol. The Kier molecular flexibility index (Phi) is 11.7. The van der Waals surface area contributed by atoms with Crippen LogP contribution in [0.15, 0.2) is 0 Å². The number of hydrogen-bond acceptors (Lipinski definition) is 17. The predicted octanol–water partition coefficient (Wildman–Crippen LogP) is -3.43. The van der Waals surface area contributed by atoms with Crippen molar-refractivity contribution in [2.45, 2.75) is 36.6 Å². The molecule has 32 heavy (non-hydrogen) atoms. The number of rotatable bonds is 12. The van der Waals surface area contributed by atoms with Crippen molar-refractivity contribution in [1.29, 1.82) is 0 Å². The summed E-state index contributed by atoms with van der Waals surface area (Å²) >= 11 is 0. The first kappa shape index (κ1) is 30.3. The number of phosphoric ester groups is 1. The largest absolute Gasteiger partial charge is 0.566 e. The van der Waals surface area contributed by atoms with Crippen LogP contribution in [0.25, 0.3) is 0 Å². The van der Waals surface area contributed by atoms with E-state index in [-0.39, 0.29) is 0 Å². The first-order chi connectivity index (χ1) is 14.4. The van der Waals surface area contributed by atoms with Crippen LogP contribution in [0.3, 0.4) is 0 Å². The molecule has 1 saturated carbocycles. The van der Waals surface area contributed by atoms with Crippen LogP contribution in [-0.4, -0.2) is 56.4 Å². The summed E-state index contributed by atoms with van der Waals surface area (Å²) in [6, 6.07) is 0. The van der Waals surface area contributed by atoms with Gasteiger partial charge in [0.2, 0.25) is 0 Å². The molecule has 0 saturated heterocycles. The molecule has 0 spiro atoms. The minimum Gasteiger partial charge on any atom is -0.566 e. The molecule has 20 nitrogen and oxygen atoms in total. The second-order valence-electron chi connectivity index (χ2n) is 5.28. The number of phosphoric acid groups is 2. The summed E-state index contributed by atoms with van der Waals surface area (Å²) in [5, 5.41) is 10.2. The van der Waals surface area contributed by atoms with Crippen molar-refractivity contribution in [3.05, 3.63) is 0 Å². The normalized spacial score (nSPS) is 32.6. The second-order valence-corrected chi connectivity index (χ2v) is 10.7. The van der Waals surface area contributed by atoms with Crippen LogP contribution in [0, 0.1) is 0 Å². The molecular weight excluding hydrogens is 578 g/mol. The van der Waals surface area contributed by atoms with Crippen LogP contribution in [0.2, 0.25) is 0 Å². The smallest absolute Gasteiger partial charge is 0.488 e. The van der Waals surface area contributed by atoms with Crippen molar-refractivity contribution in [3.63, 3.8) is 0 Å². The maximum Gasteiger partial charge on any atom is 0.488 e. The molecular formula is C6H10O20P6. The zero-order valence-corrected chi connectivity index (χ0v) is 19.8. The summed E-state index contributed by atoms with van der Waals surface area (Å²) in [7, 11) is -27.9. The van der Waals surface area contributed by atoms with Crippen LogP contribution in [-0.2, 0) is 54.3 Å². The lowest BCUT2D eigenvalue weighted by molar-refractivity contribution is -0.255. The van der Waals surface area contributed by atoms with Crippen molar-refractivity contribution in [3.8, 4) is 0 Å². The van der Waals surface area contributed by atoms with Gasteiger partial charge >= 0.3 is 48.7 Å². The van der Waals surface area contributed by atoms with Crippen molar-refractivity contribution >= 4 is 48.7 Å². The Balaban J connectivity index is 3.62. The van der Waals surface area contributed by atoms with Gasteiger partial charge in [0.1, 0.15) is 12.2 Å². The number of aliphatic hydroxyl groups excluding tert-OH is 1. The SMILES string of the molecule is O=[P+]([O-])O[C@@H]1C(OP(=O)(O)OP(=O)(O)O)[C@H](O[P+](=O)[O-])[C@H](O[P+](=O)[O-])C(O)[C@@H]1O[P+](=O)[O-]. The van der Waals surface area contributed by atoms with Gasteiger partial charge in [-0.3, -0.25) is 4.52 Å². The minimum atomic E-state index is -6.00. The molecule has 26 heteroatoms. The Morgan fingerprint density at radius 1 is 0.625 bits per heavy atom. The second kappa shape index (κ2) is 12.3. The molecule has 7 unspecified atom stereocenters. The molecule has 1 aliphatic rings. The molecule has 0 amide bonds. The fraction of sp³-hybridized carbons (Fsp3) is 1.00. The van der Waals surface area contributed by atoms with Crippen molar-refractivity contribution in [2.24, 2.45) is 0 Å². The molecule has 0 bridgehead atoms. The van der Waals surface area contributed by atoms with Gasteiger partial charge in [-0.15, -0.1) is 18.1 Å². The molecule has 0 aromatic heterocycles. The van der Waals surface area contributed by atoms with E-state index in [1.54, 1.807) is 0 Å². The summed E-state index contributed by atoms with van der Waals surface area (Å²) < 4.78 is 91.4. The Hall–Kier alpha value is 0.300. The first-order valence-corrected chi connectivity index (χ1v) is 14.5. The molecule has 0 aromatic carbocycles. The van der Waals surface area contributed by atoms with E-state index in [2.05, 4.69) is 26.9 Å². The fourth-order valence-corrected chi connectivity index (χ4v) is 5.99. The highest BCUT2D eigenvalue weighted by atomic mass is 31.3. The molecule has 0 heterocycles. The molecule has 1 aliphatic carbocycles. The average Bonchev–Trinajstić information content (AvgIpc) is 2.54. The maximum atomic E-state index is 11.9. The molecule has 0 aromatic rings. The Labute approximate surface area is 179 Å². The molecule has 0 aliphatic heterocycles.